The Labute approximate surface area is 86.8 Å². The maximum Gasteiger partial charge on any atom is 0.116 e. The number of aryl methyl sites for hydroxylation is 1. The largest absolute Gasteiger partial charge is 0.508 e. The molecule has 0 fully saturated rings. The van der Waals surface area contributed by atoms with Crippen molar-refractivity contribution < 1.29 is 5.11 Å². The van der Waals surface area contributed by atoms with Gasteiger partial charge in [0, 0.05) is 0 Å². The van der Waals surface area contributed by atoms with Crippen LogP contribution in [0.3, 0.4) is 0 Å². The zero-order chi connectivity index (χ0) is 10.8. The quantitative estimate of drug-likeness (QED) is 0.758. The molecular weight excluding hydrogens is 172 g/mol. The number of phenols is 1. The van der Waals surface area contributed by atoms with Crippen LogP contribution in [0.5, 0.6) is 5.75 Å². The standard InChI is InChI=1S/C13H20O/c1-5-6-10-7-11(13(2,3)4)9-12(14)8-10/h7-9,14H,5-6H2,1-4H3. The summed E-state index contributed by atoms with van der Waals surface area (Å²) in [5.74, 6) is 0.390. The van der Waals surface area contributed by atoms with Crippen molar-refractivity contribution in [1.29, 1.82) is 0 Å². The van der Waals surface area contributed by atoms with E-state index in [1.165, 1.54) is 11.1 Å². The van der Waals surface area contributed by atoms with Crippen molar-refractivity contribution in [2.75, 3.05) is 0 Å². The maximum atomic E-state index is 9.58. The summed E-state index contributed by atoms with van der Waals surface area (Å²) in [6.07, 6.45) is 2.16. The van der Waals surface area contributed by atoms with Crippen LogP contribution in [0.15, 0.2) is 18.2 Å². The van der Waals surface area contributed by atoms with E-state index in [-0.39, 0.29) is 5.41 Å². The smallest absolute Gasteiger partial charge is 0.116 e. The number of hydrogen-bond donors (Lipinski definition) is 1. The first kappa shape index (κ1) is 11.1. The Balaban J connectivity index is 3.07. The number of phenolic OH excluding ortho intramolecular Hbond substituents is 1. The van der Waals surface area contributed by atoms with E-state index >= 15 is 0 Å². The first-order chi connectivity index (χ1) is 6.43. The monoisotopic (exact) mass is 192 g/mol. The predicted octanol–water partition coefficient (Wildman–Crippen LogP) is 3.64. The molecule has 0 unspecified atom stereocenters. The van der Waals surface area contributed by atoms with Gasteiger partial charge in [0.15, 0.2) is 0 Å². The highest BCUT2D eigenvalue weighted by Crippen LogP contribution is 2.27. The Bertz CT molecular complexity index is 308. The van der Waals surface area contributed by atoms with Gasteiger partial charge in [0.2, 0.25) is 0 Å². The van der Waals surface area contributed by atoms with Crippen LogP contribution in [0.2, 0.25) is 0 Å². The highest BCUT2D eigenvalue weighted by atomic mass is 16.3. The van der Waals surface area contributed by atoms with E-state index in [0.717, 1.165) is 12.8 Å². The molecule has 14 heavy (non-hydrogen) atoms. The van der Waals surface area contributed by atoms with Gasteiger partial charge in [-0.2, -0.15) is 0 Å². The van der Waals surface area contributed by atoms with Crippen LogP contribution in [0.4, 0.5) is 0 Å². The summed E-state index contributed by atoms with van der Waals surface area (Å²) in [5.41, 5.74) is 2.56. The van der Waals surface area contributed by atoms with Crippen LogP contribution >= 0.6 is 0 Å². The van der Waals surface area contributed by atoms with Crippen LogP contribution in [0, 0.1) is 0 Å². The van der Waals surface area contributed by atoms with Crippen LogP contribution < -0.4 is 0 Å². The van der Waals surface area contributed by atoms with Crippen LogP contribution in [-0.2, 0) is 11.8 Å². The van der Waals surface area contributed by atoms with Gasteiger partial charge < -0.3 is 5.11 Å². The molecule has 1 aromatic carbocycles. The second-order valence-corrected chi connectivity index (χ2v) is 4.89. The van der Waals surface area contributed by atoms with Gasteiger partial charge in [-0.25, -0.2) is 0 Å². The minimum absolute atomic E-state index is 0.112. The lowest BCUT2D eigenvalue weighted by Gasteiger charge is -2.20. The van der Waals surface area contributed by atoms with Crippen LogP contribution in [-0.4, -0.2) is 5.11 Å². The molecule has 1 rings (SSSR count). The van der Waals surface area contributed by atoms with E-state index in [1.807, 2.05) is 12.1 Å². The van der Waals surface area contributed by atoms with E-state index in [9.17, 15) is 5.11 Å². The van der Waals surface area contributed by atoms with Crippen molar-refractivity contribution in [2.45, 2.75) is 46.0 Å². The number of aromatic hydroxyl groups is 1. The maximum absolute atomic E-state index is 9.58. The highest BCUT2D eigenvalue weighted by Gasteiger charge is 2.14. The lowest BCUT2D eigenvalue weighted by atomic mass is 9.85. The Kier molecular flexibility index (Phi) is 3.20. The number of hydrogen-bond acceptors (Lipinski definition) is 1. The molecule has 0 radical (unpaired) electrons. The summed E-state index contributed by atoms with van der Waals surface area (Å²) in [7, 11) is 0. The van der Waals surface area contributed by atoms with Gasteiger partial charge in [-0.3, -0.25) is 0 Å². The summed E-state index contributed by atoms with van der Waals surface area (Å²) in [4.78, 5) is 0. The van der Waals surface area contributed by atoms with Gasteiger partial charge in [0.1, 0.15) is 5.75 Å². The zero-order valence-electron chi connectivity index (χ0n) is 9.59. The van der Waals surface area contributed by atoms with Crippen molar-refractivity contribution in [3.05, 3.63) is 29.3 Å². The molecule has 1 aromatic rings. The van der Waals surface area contributed by atoms with Gasteiger partial charge in [-0.1, -0.05) is 40.2 Å². The van der Waals surface area contributed by atoms with Crippen molar-refractivity contribution in [2.24, 2.45) is 0 Å². The molecule has 0 saturated heterocycles. The summed E-state index contributed by atoms with van der Waals surface area (Å²) in [6, 6.07) is 5.92. The SMILES string of the molecule is CCCc1cc(O)cc(C(C)(C)C)c1. The normalized spacial score (nSPS) is 11.7. The summed E-state index contributed by atoms with van der Waals surface area (Å²) < 4.78 is 0. The van der Waals surface area contributed by atoms with Crippen LogP contribution in [0.25, 0.3) is 0 Å². The van der Waals surface area contributed by atoms with Crippen molar-refractivity contribution >= 4 is 0 Å². The minimum atomic E-state index is 0.112. The van der Waals surface area contributed by atoms with Gasteiger partial charge in [-0.05, 0) is 35.1 Å². The fourth-order valence-corrected chi connectivity index (χ4v) is 1.54. The average Bonchev–Trinajstić information content (AvgIpc) is 2.02. The zero-order valence-corrected chi connectivity index (χ0v) is 9.59. The van der Waals surface area contributed by atoms with E-state index < -0.39 is 0 Å². The van der Waals surface area contributed by atoms with E-state index in [1.54, 1.807) is 0 Å². The third-order valence-corrected chi connectivity index (χ3v) is 2.38. The van der Waals surface area contributed by atoms with E-state index in [0.29, 0.717) is 5.75 Å². The van der Waals surface area contributed by atoms with E-state index in [2.05, 4.69) is 33.8 Å². The predicted molar refractivity (Wildman–Crippen MR) is 60.8 cm³/mol. The summed E-state index contributed by atoms with van der Waals surface area (Å²) >= 11 is 0. The van der Waals surface area contributed by atoms with Crippen molar-refractivity contribution in [3.8, 4) is 5.75 Å². The van der Waals surface area contributed by atoms with Gasteiger partial charge in [0.25, 0.3) is 0 Å². The van der Waals surface area contributed by atoms with Gasteiger partial charge in [0.05, 0.1) is 0 Å². The molecular formula is C13H20O. The first-order valence-electron chi connectivity index (χ1n) is 5.27. The van der Waals surface area contributed by atoms with Crippen LogP contribution in [0.1, 0.15) is 45.2 Å². The molecule has 1 N–H and O–H groups in total. The fraction of sp³-hybridized carbons (Fsp3) is 0.538. The molecule has 0 atom stereocenters. The van der Waals surface area contributed by atoms with Crippen molar-refractivity contribution in [3.63, 3.8) is 0 Å². The lowest BCUT2D eigenvalue weighted by Crippen LogP contribution is -2.11. The molecule has 78 valence electrons. The molecule has 0 aliphatic rings. The van der Waals surface area contributed by atoms with E-state index in [4.69, 9.17) is 0 Å². The molecule has 0 aliphatic carbocycles. The minimum Gasteiger partial charge on any atom is -0.508 e. The molecule has 0 saturated carbocycles. The molecule has 1 nitrogen and oxygen atoms in total. The summed E-state index contributed by atoms with van der Waals surface area (Å²) in [6.45, 7) is 8.65. The lowest BCUT2D eigenvalue weighted by molar-refractivity contribution is 0.470. The third-order valence-electron chi connectivity index (χ3n) is 2.38. The first-order valence-corrected chi connectivity index (χ1v) is 5.27. The van der Waals surface area contributed by atoms with Crippen molar-refractivity contribution in [1.82, 2.24) is 0 Å². The van der Waals surface area contributed by atoms with Gasteiger partial charge in [-0.15, -0.1) is 0 Å². The Morgan fingerprint density at radius 3 is 2.29 bits per heavy atom. The molecule has 0 bridgehead atoms. The fourth-order valence-electron chi connectivity index (χ4n) is 1.54. The number of rotatable bonds is 2. The number of benzene rings is 1. The second kappa shape index (κ2) is 4.04. The topological polar surface area (TPSA) is 20.2 Å². The molecule has 1 heteroatoms. The Morgan fingerprint density at radius 1 is 1.14 bits per heavy atom. The molecule has 0 amide bonds. The Hall–Kier alpha value is -0.980. The molecule has 0 aliphatic heterocycles. The third kappa shape index (κ3) is 2.76. The average molecular weight is 192 g/mol. The van der Waals surface area contributed by atoms with Gasteiger partial charge >= 0.3 is 0 Å². The molecule has 0 aromatic heterocycles. The summed E-state index contributed by atoms with van der Waals surface area (Å²) in [5, 5.41) is 9.58. The molecule has 0 spiro atoms. The Morgan fingerprint density at radius 2 is 1.79 bits per heavy atom. The molecule has 0 heterocycles. The highest BCUT2D eigenvalue weighted by molar-refractivity contribution is 5.36. The second-order valence-electron chi connectivity index (χ2n) is 4.89.